The molecule has 0 atom stereocenters. The zero-order chi connectivity index (χ0) is 27.0. The quantitative estimate of drug-likeness (QED) is 0.365. The van der Waals surface area contributed by atoms with E-state index in [1.165, 1.54) is 41.2 Å². The van der Waals surface area contributed by atoms with Crippen molar-refractivity contribution in [2.24, 2.45) is 0 Å². The minimum Gasteiger partial charge on any atom is -0.372 e. The topological polar surface area (TPSA) is 112 Å². The molecule has 4 rings (SSSR count). The van der Waals surface area contributed by atoms with Gasteiger partial charge < -0.3 is 14.8 Å². The standard InChI is InChI=1S/C22H14F7N7O/c23-14-4-2-1-3-12(14)7-15-19-31-5-6-36(19)10-16(34-15)18-32-9-13(8-30)17(35-18)33-11-20(37,21(24,25)26)22(27,28)29/h1-6,9-10,37H,7,11H2,(H,32,33,35). The Bertz CT molecular complexity index is 1480. The first-order chi connectivity index (χ1) is 17.3. The number of nitriles is 1. The first-order valence-electron chi connectivity index (χ1n) is 10.3. The number of imidazole rings is 1. The SMILES string of the molecule is N#Cc1cnc(-c2cn3ccnc3c(Cc3ccccc3F)n2)nc1NCC(O)(C(F)(F)F)C(F)(F)F. The van der Waals surface area contributed by atoms with Gasteiger partial charge in [0.15, 0.2) is 11.5 Å². The van der Waals surface area contributed by atoms with E-state index in [0.29, 0.717) is 11.2 Å². The van der Waals surface area contributed by atoms with Gasteiger partial charge in [-0.1, -0.05) is 18.2 Å². The van der Waals surface area contributed by atoms with E-state index in [4.69, 9.17) is 0 Å². The number of nitrogens with one attached hydrogen (secondary N) is 1. The van der Waals surface area contributed by atoms with Crippen LogP contribution >= 0.6 is 0 Å². The lowest BCUT2D eigenvalue weighted by molar-refractivity contribution is -0.362. The van der Waals surface area contributed by atoms with Crippen LogP contribution in [0.25, 0.3) is 17.2 Å². The van der Waals surface area contributed by atoms with Crippen molar-refractivity contribution in [3.63, 3.8) is 0 Å². The number of aliphatic hydroxyl groups is 1. The zero-order valence-corrected chi connectivity index (χ0v) is 18.3. The molecule has 2 N–H and O–H groups in total. The van der Waals surface area contributed by atoms with Crippen molar-refractivity contribution in [3.05, 3.63) is 71.7 Å². The van der Waals surface area contributed by atoms with Crippen LogP contribution in [0, 0.1) is 17.1 Å². The molecule has 3 heterocycles. The van der Waals surface area contributed by atoms with E-state index in [9.17, 15) is 41.1 Å². The van der Waals surface area contributed by atoms with Crippen molar-refractivity contribution >= 4 is 11.5 Å². The van der Waals surface area contributed by atoms with E-state index >= 15 is 0 Å². The fourth-order valence-corrected chi connectivity index (χ4v) is 3.34. The molecule has 37 heavy (non-hydrogen) atoms. The molecule has 0 unspecified atom stereocenters. The summed E-state index contributed by atoms with van der Waals surface area (Å²) in [6, 6.07) is 7.47. The summed E-state index contributed by atoms with van der Waals surface area (Å²) >= 11 is 0. The minimum atomic E-state index is -6.07. The molecule has 0 fully saturated rings. The molecule has 4 aromatic rings. The summed E-state index contributed by atoms with van der Waals surface area (Å²) in [6.45, 7) is -2.07. The van der Waals surface area contributed by atoms with Gasteiger partial charge in [0.1, 0.15) is 29.0 Å². The minimum absolute atomic E-state index is 0.00582. The molecule has 192 valence electrons. The maximum Gasteiger partial charge on any atom is 0.428 e. The Kier molecular flexibility index (Phi) is 6.46. The molecular formula is C22H14F7N7O. The van der Waals surface area contributed by atoms with Crippen LogP contribution in [0.3, 0.4) is 0 Å². The summed E-state index contributed by atoms with van der Waals surface area (Å²) < 4.78 is 94.0. The molecule has 1 aromatic carbocycles. The Labute approximate surface area is 203 Å². The first kappa shape index (κ1) is 25.8. The average molecular weight is 525 g/mol. The number of benzene rings is 1. The van der Waals surface area contributed by atoms with Crippen LogP contribution in [-0.4, -0.2) is 53.9 Å². The number of fused-ring (bicyclic) bond motifs is 1. The van der Waals surface area contributed by atoms with E-state index in [2.05, 4.69) is 19.9 Å². The number of nitrogens with zero attached hydrogens (tertiary/aromatic N) is 6. The van der Waals surface area contributed by atoms with Gasteiger partial charge in [-0.15, -0.1) is 0 Å². The molecule has 8 nitrogen and oxygen atoms in total. The first-order valence-corrected chi connectivity index (χ1v) is 10.3. The van der Waals surface area contributed by atoms with Crippen molar-refractivity contribution in [2.75, 3.05) is 11.9 Å². The number of anilines is 1. The monoisotopic (exact) mass is 525 g/mol. The molecular weight excluding hydrogens is 511 g/mol. The molecule has 0 spiro atoms. The highest BCUT2D eigenvalue weighted by molar-refractivity contribution is 5.60. The highest BCUT2D eigenvalue weighted by Crippen LogP contribution is 2.43. The lowest BCUT2D eigenvalue weighted by Gasteiger charge is -2.32. The lowest BCUT2D eigenvalue weighted by atomic mass is 10.0. The number of aromatic nitrogens is 5. The molecule has 0 saturated carbocycles. The van der Waals surface area contributed by atoms with E-state index < -0.39 is 41.7 Å². The molecule has 3 aromatic heterocycles. The summed E-state index contributed by atoms with van der Waals surface area (Å²) in [6.07, 6.45) is -6.92. The second-order valence-electron chi connectivity index (χ2n) is 7.78. The van der Waals surface area contributed by atoms with Crippen LogP contribution in [0.1, 0.15) is 16.8 Å². The number of alkyl halides is 6. The summed E-state index contributed by atoms with van der Waals surface area (Å²) in [5, 5.41) is 20.4. The maximum absolute atomic E-state index is 14.2. The molecule has 0 bridgehead atoms. The van der Waals surface area contributed by atoms with Crippen molar-refractivity contribution < 1.29 is 35.8 Å². The summed E-state index contributed by atoms with van der Waals surface area (Å²) in [5.74, 6) is -1.46. The molecule has 0 aliphatic carbocycles. The highest BCUT2D eigenvalue weighted by Gasteiger charge is 2.70. The summed E-state index contributed by atoms with van der Waals surface area (Å²) in [4.78, 5) is 16.3. The molecule has 0 radical (unpaired) electrons. The molecule has 0 aliphatic heterocycles. The Balaban J connectivity index is 1.74. The Morgan fingerprint density at radius 3 is 2.38 bits per heavy atom. The highest BCUT2D eigenvalue weighted by atomic mass is 19.4. The van der Waals surface area contributed by atoms with Gasteiger partial charge in [0.25, 0.3) is 5.60 Å². The Morgan fingerprint density at radius 2 is 1.73 bits per heavy atom. The summed E-state index contributed by atoms with van der Waals surface area (Å²) in [7, 11) is 0. The molecule has 0 saturated heterocycles. The molecule has 0 amide bonds. The number of hydrogen-bond acceptors (Lipinski definition) is 7. The molecule has 15 heteroatoms. The van der Waals surface area contributed by atoms with Crippen molar-refractivity contribution in [2.45, 2.75) is 24.4 Å². The second kappa shape index (κ2) is 9.28. The molecule has 0 aliphatic rings. The van der Waals surface area contributed by atoms with Gasteiger partial charge >= 0.3 is 12.4 Å². The lowest BCUT2D eigenvalue weighted by Crippen LogP contribution is -2.61. The largest absolute Gasteiger partial charge is 0.428 e. The average Bonchev–Trinajstić information content (AvgIpc) is 3.31. The van der Waals surface area contributed by atoms with Crippen LogP contribution in [0.2, 0.25) is 0 Å². The van der Waals surface area contributed by atoms with Gasteiger partial charge in [0.2, 0.25) is 0 Å². The van der Waals surface area contributed by atoms with Crippen LogP contribution in [0.15, 0.2) is 49.1 Å². The third kappa shape index (κ3) is 4.87. The third-order valence-corrected chi connectivity index (χ3v) is 5.35. The predicted molar refractivity (Wildman–Crippen MR) is 113 cm³/mol. The Morgan fingerprint density at radius 1 is 1.03 bits per heavy atom. The van der Waals surface area contributed by atoms with Crippen LogP contribution < -0.4 is 5.32 Å². The van der Waals surface area contributed by atoms with E-state index in [1.54, 1.807) is 17.5 Å². The number of hydrogen-bond donors (Lipinski definition) is 2. The number of halogens is 7. The van der Waals surface area contributed by atoms with Gasteiger partial charge in [-0.3, -0.25) is 0 Å². The van der Waals surface area contributed by atoms with Gasteiger partial charge in [0.05, 0.1) is 18.4 Å². The smallest absolute Gasteiger partial charge is 0.372 e. The summed E-state index contributed by atoms with van der Waals surface area (Å²) in [5.41, 5.74) is -4.66. The van der Waals surface area contributed by atoms with Crippen LogP contribution in [0.4, 0.5) is 36.6 Å². The van der Waals surface area contributed by atoms with Gasteiger partial charge in [0, 0.05) is 25.0 Å². The van der Waals surface area contributed by atoms with Gasteiger partial charge in [-0.2, -0.15) is 31.6 Å². The number of rotatable bonds is 6. The van der Waals surface area contributed by atoms with E-state index in [1.807, 2.05) is 0 Å². The van der Waals surface area contributed by atoms with Crippen LogP contribution in [0.5, 0.6) is 0 Å². The van der Waals surface area contributed by atoms with Gasteiger partial charge in [-0.25, -0.2) is 24.3 Å². The van der Waals surface area contributed by atoms with Crippen LogP contribution in [-0.2, 0) is 6.42 Å². The predicted octanol–water partition coefficient (Wildman–Crippen LogP) is 4.06. The zero-order valence-electron chi connectivity index (χ0n) is 18.3. The van der Waals surface area contributed by atoms with Crippen molar-refractivity contribution in [1.82, 2.24) is 24.3 Å². The maximum atomic E-state index is 14.2. The van der Waals surface area contributed by atoms with E-state index in [-0.39, 0.29) is 23.6 Å². The van der Waals surface area contributed by atoms with Crippen molar-refractivity contribution in [3.8, 4) is 17.6 Å². The third-order valence-electron chi connectivity index (χ3n) is 5.35. The fourth-order valence-electron chi connectivity index (χ4n) is 3.34. The van der Waals surface area contributed by atoms with Gasteiger partial charge in [-0.05, 0) is 11.6 Å². The fraction of sp³-hybridized carbons (Fsp3) is 0.227. The van der Waals surface area contributed by atoms with Crippen molar-refractivity contribution in [1.29, 1.82) is 5.26 Å². The van der Waals surface area contributed by atoms with E-state index in [0.717, 1.165) is 6.20 Å². The second-order valence-corrected chi connectivity index (χ2v) is 7.78. The Hall–Kier alpha value is -4.32. The normalized spacial score (nSPS) is 12.5.